The molecule has 0 radical (unpaired) electrons. The minimum Gasteiger partial charge on any atom is -0.392 e. The number of nitrogens with zero attached hydrogens (tertiary/aromatic N) is 1. The zero-order chi connectivity index (χ0) is 12.8. The zero-order valence-corrected chi connectivity index (χ0v) is 10.6. The van der Waals surface area contributed by atoms with E-state index in [2.05, 4.69) is 5.32 Å². The second-order valence-electron chi connectivity index (χ2n) is 4.31. The van der Waals surface area contributed by atoms with Crippen LogP contribution in [0, 0.1) is 0 Å². The number of benzene rings is 1. The van der Waals surface area contributed by atoms with Crippen molar-refractivity contribution < 1.29 is 9.90 Å². The summed E-state index contributed by atoms with van der Waals surface area (Å²) in [6, 6.07) is 9.55. The summed E-state index contributed by atoms with van der Waals surface area (Å²) in [5.74, 6) is 0. The molecule has 0 saturated heterocycles. The Bertz CT molecular complexity index is 352. The highest BCUT2D eigenvalue weighted by molar-refractivity contribution is 5.74. The van der Waals surface area contributed by atoms with E-state index >= 15 is 0 Å². The lowest BCUT2D eigenvalue weighted by molar-refractivity contribution is 0.142. The number of rotatable bonds is 4. The van der Waals surface area contributed by atoms with Crippen LogP contribution in [0.4, 0.5) is 4.79 Å². The third-order valence-electron chi connectivity index (χ3n) is 2.52. The average Bonchev–Trinajstić information content (AvgIpc) is 2.29. The van der Waals surface area contributed by atoms with E-state index in [9.17, 15) is 9.90 Å². The summed E-state index contributed by atoms with van der Waals surface area (Å²) in [5.41, 5.74) is 1.06. The summed E-state index contributed by atoms with van der Waals surface area (Å²) in [5, 5.41) is 12.1. The van der Waals surface area contributed by atoms with Gasteiger partial charge in [-0.25, -0.2) is 4.79 Å². The summed E-state index contributed by atoms with van der Waals surface area (Å²) in [6.07, 6.45) is -0.516. The van der Waals surface area contributed by atoms with Gasteiger partial charge in [0.1, 0.15) is 0 Å². The minimum atomic E-state index is -0.516. The Balaban J connectivity index is 2.51. The molecule has 0 heterocycles. The van der Waals surface area contributed by atoms with Gasteiger partial charge in [-0.1, -0.05) is 30.3 Å². The molecule has 0 aliphatic rings. The van der Waals surface area contributed by atoms with E-state index in [4.69, 9.17) is 0 Å². The van der Waals surface area contributed by atoms with Crippen LogP contribution in [0.15, 0.2) is 30.3 Å². The maximum atomic E-state index is 11.8. The normalized spacial score (nSPS) is 13.9. The molecule has 1 aromatic rings. The van der Waals surface area contributed by atoms with E-state index < -0.39 is 6.10 Å². The van der Waals surface area contributed by atoms with Crippen LogP contribution in [0.25, 0.3) is 0 Å². The number of carbonyl (C=O) groups excluding carboxylic acids is 1. The van der Waals surface area contributed by atoms with Crippen LogP contribution in [0.1, 0.15) is 25.5 Å². The molecular weight excluding hydrogens is 216 g/mol. The van der Waals surface area contributed by atoms with Crippen molar-refractivity contribution in [2.24, 2.45) is 0 Å². The van der Waals surface area contributed by atoms with Crippen molar-refractivity contribution in [3.8, 4) is 0 Å². The van der Waals surface area contributed by atoms with Gasteiger partial charge in [0.15, 0.2) is 0 Å². The number of carbonyl (C=O) groups is 1. The molecule has 17 heavy (non-hydrogen) atoms. The Kier molecular flexibility index (Phi) is 4.97. The lowest BCUT2D eigenvalue weighted by atomic mass is 10.1. The van der Waals surface area contributed by atoms with E-state index in [0.717, 1.165) is 5.56 Å². The van der Waals surface area contributed by atoms with Gasteiger partial charge in [-0.2, -0.15) is 0 Å². The molecule has 0 aliphatic carbocycles. The molecule has 2 atom stereocenters. The van der Waals surface area contributed by atoms with Crippen molar-refractivity contribution in [2.45, 2.75) is 26.0 Å². The summed E-state index contributed by atoms with van der Waals surface area (Å²) in [4.78, 5) is 13.2. The number of hydrogen-bond donors (Lipinski definition) is 2. The smallest absolute Gasteiger partial charge is 0.317 e. The Morgan fingerprint density at radius 2 is 1.94 bits per heavy atom. The first-order valence-electron chi connectivity index (χ1n) is 5.75. The first-order chi connectivity index (χ1) is 8.00. The number of aliphatic hydroxyl groups is 1. The number of nitrogens with one attached hydrogen (secondary N) is 1. The standard InChI is InChI=1S/C13H20N2O2/c1-10(16)9-15(3)13(17)14-11(2)12-7-5-4-6-8-12/h4-8,10-11,16H,9H2,1-3H3,(H,14,17). The molecule has 2 N–H and O–H groups in total. The Hall–Kier alpha value is -1.55. The number of urea groups is 1. The fourth-order valence-electron chi connectivity index (χ4n) is 1.60. The molecule has 0 fully saturated rings. The van der Waals surface area contributed by atoms with E-state index in [1.807, 2.05) is 37.3 Å². The van der Waals surface area contributed by atoms with Crippen molar-refractivity contribution in [2.75, 3.05) is 13.6 Å². The van der Waals surface area contributed by atoms with Crippen LogP contribution in [-0.4, -0.2) is 35.7 Å². The Labute approximate surface area is 102 Å². The number of hydrogen-bond acceptors (Lipinski definition) is 2. The third kappa shape index (κ3) is 4.44. The van der Waals surface area contributed by atoms with Crippen LogP contribution in [0.3, 0.4) is 0 Å². The van der Waals surface area contributed by atoms with Crippen LogP contribution in [0.2, 0.25) is 0 Å². The quantitative estimate of drug-likeness (QED) is 0.837. The van der Waals surface area contributed by atoms with Crippen LogP contribution in [0.5, 0.6) is 0 Å². The average molecular weight is 236 g/mol. The topological polar surface area (TPSA) is 52.6 Å². The molecule has 94 valence electrons. The summed E-state index contributed by atoms with van der Waals surface area (Å²) in [6.45, 7) is 3.92. The molecular formula is C13H20N2O2. The molecule has 1 aromatic carbocycles. The number of likely N-dealkylation sites (N-methyl/N-ethyl adjacent to an activating group) is 1. The van der Waals surface area contributed by atoms with Gasteiger partial charge in [0.25, 0.3) is 0 Å². The molecule has 2 amide bonds. The number of aliphatic hydroxyl groups excluding tert-OH is 1. The molecule has 0 bridgehead atoms. The zero-order valence-electron chi connectivity index (χ0n) is 10.6. The second kappa shape index (κ2) is 6.25. The molecule has 4 nitrogen and oxygen atoms in total. The van der Waals surface area contributed by atoms with Crippen molar-refractivity contribution in [1.82, 2.24) is 10.2 Å². The first kappa shape index (κ1) is 13.5. The summed E-state index contributed by atoms with van der Waals surface area (Å²) >= 11 is 0. The van der Waals surface area contributed by atoms with Crippen molar-refractivity contribution >= 4 is 6.03 Å². The predicted octanol–water partition coefficient (Wildman–Crippen LogP) is 1.77. The Morgan fingerprint density at radius 3 is 2.47 bits per heavy atom. The van der Waals surface area contributed by atoms with Crippen molar-refractivity contribution in [3.05, 3.63) is 35.9 Å². The molecule has 0 saturated carbocycles. The van der Waals surface area contributed by atoms with Gasteiger partial charge < -0.3 is 15.3 Å². The van der Waals surface area contributed by atoms with Gasteiger partial charge in [-0.3, -0.25) is 0 Å². The van der Waals surface area contributed by atoms with E-state index in [-0.39, 0.29) is 12.1 Å². The maximum Gasteiger partial charge on any atom is 0.317 e. The highest BCUT2D eigenvalue weighted by Crippen LogP contribution is 2.11. The van der Waals surface area contributed by atoms with E-state index in [0.29, 0.717) is 6.54 Å². The Morgan fingerprint density at radius 1 is 1.35 bits per heavy atom. The molecule has 0 spiro atoms. The SMILES string of the molecule is CC(O)CN(C)C(=O)NC(C)c1ccccc1. The van der Waals surface area contributed by atoms with Crippen LogP contribution < -0.4 is 5.32 Å². The van der Waals surface area contributed by atoms with Gasteiger partial charge in [0.05, 0.1) is 12.1 Å². The lowest BCUT2D eigenvalue weighted by Crippen LogP contribution is -2.41. The molecule has 4 heteroatoms. The largest absolute Gasteiger partial charge is 0.392 e. The maximum absolute atomic E-state index is 11.8. The second-order valence-corrected chi connectivity index (χ2v) is 4.31. The monoisotopic (exact) mass is 236 g/mol. The number of amides is 2. The van der Waals surface area contributed by atoms with Gasteiger partial charge in [0.2, 0.25) is 0 Å². The fourth-order valence-corrected chi connectivity index (χ4v) is 1.60. The molecule has 1 rings (SSSR count). The highest BCUT2D eigenvalue weighted by Gasteiger charge is 2.14. The fraction of sp³-hybridized carbons (Fsp3) is 0.462. The van der Waals surface area contributed by atoms with Crippen LogP contribution in [-0.2, 0) is 0 Å². The van der Waals surface area contributed by atoms with Gasteiger partial charge in [-0.05, 0) is 19.4 Å². The molecule has 2 unspecified atom stereocenters. The summed E-state index contributed by atoms with van der Waals surface area (Å²) in [7, 11) is 1.67. The predicted molar refractivity (Wildman–Crippen MR) is 67.7 cm³/mol. The van der Waals surface area contributed by atoms with Crippen molar-refractivity contribution in [1.29, 1.82) is 0 Å². The minimum absolute atomic E-state index is 0.0415. The van der Waals surface area contributed by atoms with E-state index in [1.165, 1.54) is 4.90 Å². The highest BCUT2D eigenvalue weighted by atomic mass is 16.3. The lowest BCUT2D eigenvalue weighted by Gasteiger charge is -2.22. The van der Waals surface area contributed by atoms with Gasteiger partial charge in [0, 0.05) is 13.6 Å². The summed E-state index contributed by atoms with van der Waals surface area (Å²) < 4.78 is 0. The first-order valence-corrected chi connectivity index (χ1v) is 5.75. The van der Waals surface area contributed by atoms with Gasteiger partial charge >= 0.3 is 6.03 Å². The molecule has 0 aromatic heterocycles. The van der Waals surface area contributed by atoms with E-state index in [1.54, 1.807) is 14.0 Å². The van der Waals surface area contributed by atoms with Crippen LogP contribution >= 0.6 is 0 Å². The van der Waals surface area contributed by atoms with Crippen molar-refractivity contribution in [3.63, 3.8) is 0 Å². The third-order valence-corrected chi connectivity index (χ3v) is 2.52. The molecule has 0 aliphatic heterocycles. The van der Waals surface area contributed by atoms with Gasteiger partial charge in [-0.15, -0.1) is 0 Å².